The van der Waals surface area contributed by atoms with Crippen molar-refractivity contribution >= 4 is 6.03 Å². The molecule has 0 radical (unpaired) electrons. The van der Waals surface area contributed by atoms with Gasteiger partial charge in [-0.25, -0.2) is 4.79 Å². The van der Waals surface area contributed by atoms with Gasteiger partial charge in [0, 0.05) is 27.2 Å². The summed E-state index contributed by atoms with van der Waals surface area (Å²) in [5, 5.41) is 0. The Morgan fingerprint density at radius 1 is 1.25 bits per heavy atom. The molecule has 0 aliphatic carbocycles. The Balaban J connectivity index is 2.64. The van der Waals surface area contributed by atoms with E-state index in [1.807, 2.05) is 33.2 Å². The Labute approximate surface area is 97.7 Å². The molecule has 0 saturated carbocycles. The average Bonchev–Trinajstić information content (AvgIpc) is 2.27. The van der Waals surface area contributed by atoms with Crippen LogP contribution in [0.15, 0.2) is 24.3 Å². The minimum atomic E-state index is 0.0593. The molecular weight excluding hydrogens is 200 g/mol. The summed E-state index contributed by atoms with van der Waals surface area (Å²) < 4.78 is 0. The fraction of sp³-hybridized carbons (Fsp3) is 0.462. The first-order valence-electron chi connectivity index (χ1n) is 5.56. The van der Waals surface area contributed by atoms with E-state index in [4.69, 9.17) is 0 Å². The van der Waals surface area contributed by atoms with E-state index < -0.39 is 0 Å². The molecule has 0 spiro atoms. The second-order valence-electron chi connectivity index (χ2n) is 4.14. The van der Waals surface area contributed by atoms with Crippen LogP contribution in [0.5, 0.6) is 0 Å². The van der Waals surface area contributed by atoms with Crippen LogP contribution in [0.3, 0.4) is 0 Å². The van der Waals surface area contributed by atoms with Gasteiger partial charge in [0.05, 0.1) is 0 Å². The van der Waals surface area contributed by atoms with Gasteiger partial charge < -0.3 is 9.80 Å². The Bertz CT molecular complexity index is 363. The van der Waals surface area contributed by atoms with Crippen molar-refractivity contribution in [2.24, 2.45) is 0 Å². The summed E-state index contributed by atoms with van der Waals surface area (Å²) in [6.45, 7) is 5.42. The Morgan fingerprint density at radius 2 is 1.94 bits per heavy atom. The number of aryl methyl sites for hydroxylation is 1. The molecule has 0 atom stereocenters. The van der Waals surface area contributed by atoms with Crippen molar-refractivity contribution in [2.75, 3.05) is 20.6 Å². The number of hydrogen-bond acceptors (Lipinski definition) is 1. The Kier molecular flexibility index (Phi) is 4.35. The molecule has 1 aromatic carbocycles. The SMILES string of the molecule is CCN(C)C(=O)N(C)Cc1cccc(C)c1. The molecule has 0 aromatic heterocycles. The van der Waals surface area contributed by atoms with E-state index in [1.165, 1.54) is 11.1 Å². The highest BCUT2D eigenvalue weighted by Gasteiger charge is 2.12. The maximum Gasteiger partial charge on any atom is 0.319 e. The highest BCUT2D eigenvalue weighted by molar-refractivity contribution is 5.73. The number of carbonyl (C=O) groups excluding carboxylic acids is 1. The van der Waals surface area contributed by atoms with Crippen LogP contribution in [-0.2, 0) is 6.54 Å². The molecule has 2 amide bonds. The van der Waals surface area contributed by atoms with Crippen molar-refractivity contribution in [3.05, 3.63) is 35.4 Å². The summed E-state index contributed by atoms with van der Waals surface area (Å²) in [5.41, 5.74) is 2.39. The lowest BCUT2D eigenvalue weighted by Crippen LogP contribution is -2.38. The molecule has 1 aromatic rings. The lowest BCUT2D eigenvalue weighted by atomic mass is 10.1. The van der Waals surface area contributed by atoms with Gasteiger partial charge in [0.2, 0.25) is 0 Å². The van der Waals surface area contributed by atoms with Crippen LogP contribution in [-0.4, -0.2) is 36.5 Å². The van der Waals surface area contributed by atoms with E-state index in [1.54, 1.807) is 9.80 Å². The summed E-state index contributed by atoms with van der Waals surface area (Å²) >= 11 is 0. The van der Waals surface area contributed by atoms with Crippen LogP contribution in [0.1, 0.15) is 18.1 Å². The molecule has 88 valence electrons. The number of benzene rings is 1. The Hall–Kier alpha value is -1.51. The quantitative estimate of drug-likeness (QED) is 0.767. The first-order valence-corrected chi connectivity index (χ1v) is 5.56. The highest BCUT2D eigenvalue weighted by atomic mass is 16.2. The zero-order chi connectivity index (χ0) is 12.1. The first-order chi connectivity index (χ1) is 7.54. The minimum absolute atomic E-state index is 0.0593. The van der Waals surface area contributed by atoms with Gasteiger partial charge in [-0.2, -0.15) is 0 Å². The summed E-state index contributed by atoms with van der Waals surface area (Å²) in [5.74, 6) is 0. The lowest BCUT2D eigenvalue weighted by Gasteiger charge is -2.23. The van der Waals surface area contributed by atoms with E-state index in [0.29, 0.717) is 6.54 Å². The number of amides is 2. The van der Waals surface area contributed by atoms with Crippen molar-refractivity contribution < 1.29 is 4.79 Å². The number of hydrogen-bond donors (Lipinski definition) is 0. The van der Waals surface area contributed by atoms with E-state index >= 15 is 0 Å². The maximum atomic E-state index is 11.8. The highest BCUT2D eigenvalue weighted by Crippen LogP contribution is 2.07. The Morgan fingerprint density at radius 3 is 2.50 bits per heavy atom. The second kappa shape index (κ2) is 5.54. The molecule has 0 saturated heterocycles. The van der Waals surface area contributed by atoms with Gasteiger partial charge in [-0.15, -0.1) is 0 Å². The van der Waals surface area contributed by atoms with E-state index in [0.717, 1.165) is 6.54 Å². The summed E-state index contributed by atoms with van der Waals surface area (Å²) in [6.07, 6.45) is 0. The van der Waals surface area contributed by atoms with E-state index in [-0.39, 0.29) is 6.03 Å². The van der Waals surface area contributed by atoms with Crippen LogP contribution in [0.2, 0.25) is 0 Å². The van der Waals surface area contributed by atoms with Crippen molar-refractivity contribution in [3.63, 3.8) is 0 Å². The summed E-state index contributed by atoms with van der Waals surface area (Å²) in [6, 6.07) is 8.29. The third-order valence-electron chi connectivity index (χ3n) is 2.63. The third kappa shape index (κ3) is 3.26. The van der Waals surface area contributed by atoms with Gasteiger partial charge in [-0.3, -0.25) is 0 Å². The molecule has 16 heavy (non-hydrogen) atoms. The third-order valence-corrected chi connectivity index (χ3v) is 2.63. The predicted molar refractivity (Wildman–Crippen MR) is 66.3 cm³/mol. The van der Waals surface area contributed by atoms with Crippen LogP contribution in [0, 0.1) is 6.92 Å². The van der Waals surface area contributed by atoms with Gasteiger partial charge in [0.1, 0.15) is 0 Å². The fourth-order valence-corrected chi connectivity index (χ4v) is 1.58. The van der Waals surface area contributed by atoms with Crippen molar-refractivity contribution in [1.29, 1.82) is 0 Å². The summed E-state index contributed by atoms with van der Waals surface area (Å²) in [7, 11) is 3.64. The zero-order valence-electron chi connectivity index (χ0n) is 10.5. The molecule has 0 aliphatic rings. The number of rotatable bonds is 3. The lowest BCUT2D eigenvalue weighted by molar-refractivity contribution is 0.173. The fourth-order valence-electron chi connectivity index (χ4n) is 1.58. The van der Waals surface area contributed by atoms with Gasteiger partial charge >= 0.3 is 6.03 Å². The molecule has 0 fully saturated rings. The van der Waals surface area contributed by atoms with Crippen molar-refractivity contribution in [1.82, 2.24) is 9.80 Å². The number of carbonyl (C=O) groups is 1. The minimum Gasteiger partial charge on any atom is -0.328 e. The normalized spacial score (nSPS) is 10.0. The van der Waals surface area contributed by atoms with Crippen LogP contribution in [0.25, 0.3) is 0 Å². The molecule has 3 nitrogen and oxygen atoms in total. The molecule has 0 unspecified atom stereocenters. The molecule has 0 aliphatic heterocycles. The summed E-state index contributed by atoms with van der Waals surface area (Å²) in [4.78, 5) is 15.3. The average molecular weight is 220 g/mol. The van der Waals surface area contributed by atoms with Gasteiger partial charge in [0.25, 0.3) is 0 Å². The molecule has 0 heterocycles. The van der Waals surface area contributed by atoms with Gasteiger partial charge in [0.15, 0.2) is 0 Å². The topological polar surface area (TPSA) is 23.6 Å². The maximum absolute atomic E-state index is 11.8. The van der Waals surface area contributed by atoms with Crippen LogP contribution in [0.4, 0.5) is 4.79 Å². The van der Waals surface area contributed by atoms with E-state index in [9.17, 15) is 4.79 Å². The van der Waals surface area contributed by atoms with Crippen molar-refractivity contribution in [3.8, 4) is 0 Å². The smallest absolute Gasteiger partial charge is 0.319 e. The van der Waals surface area contributed by atoms with Gasteiger partial charge in [-0.05, 0) is 19.4 Å². The number of nitrogens with zero attached hydrogens (tertiary/aromatic N) is 2. The van der Waals surface area contributed by atoms with E-state index in [2.05, 4.69) is 19.1 Å². The number of urea groups is 1. The molecule has 3 heteroatoms. The molecule has 0 N–H and O–H groups in total. The van der Waals surface area contributed by atoms with Crippen LogP contribution >= 0.6 is 0 Å². The zero-order valence-corrected chi connectivity index (χ0v) is 10.5. The second-order valence-corrected chi connectivity index (χ2v) is 4.14. The van der Waals surface area contributed by atoms with Crippen molar-refractivity contribution in [2.45, 2.75) is 20.4 Å². The first kappa shape index (κ1) is 12.6. The molecule has 0 bridgehead atoms. The standard InChI is InChI=1S/C13H20N2O/c1-5-14(3)13(16)15(4)10-12-8-6-7-11(2)9-12/h6-9H,5,10H2,1-4H3. The molecular formula is C13H20N2O. The monoisotopic (exact) mass is 220 g/mol. The molecule has 1 rings (SSSR count). The van der Waals surface area contributed by atoms with Crippen LogP contribution < -0.4 is 0 Å². The van der Waals surface area contributed by atoms with Gasteiger partial charge in [-0.1, -0.05) is 29.8 Å². The predicted octanol–water partition coefficient (Wildman–Crippen LogP) is 2.50. The largest absolute Gasteiger partial charge is 0.328 e.